The lowest BCUT2D eigenvalue weighted by Crippen LogP contribution is -2.36. The Labute approximate surface area is 173 Å². The van der Waals surface area contributed by atoms with Crippen molar-refractivity contribution in [2.24, 2.45) is 0 Å². The van der Waals surface area contributed by atoms with E-state index >= 15 is 0 Å². The normalized spacial score (nSPS) is 14.9. The van der Waals surface area contributed by atoms with Crippen molar-refractivity contribution in [2.75, 3.05) is 42.8 Å². The van der Waals surface area contributed by atoms with E-state index in [9.17, 15) is 13.2 Å². The summed E-state index contributed by atoms with van der Waals surface area (Å²) in [6.45, 7) is 3.08. The number of rotatable bonds is 5. The molecule has 0 radical (unpaired) electrons. The molecule has 1 N–H and O–H groups in total. The summed E-state index contributed by atoms with van der Waals surface area (Å²) in [5, 5.41) is 3.86. The number of thiazole rings is 1. The molecule has 0 unspecified atom stereocenters. The van der Waals surface area contributed by atoms with E-state index in [4.69, 9.17) is 4.74 Å². The number of ether oxygens (including phenoxy) is 1. The lowest BCUT2D eigenvalue weighted by molar-refractivity contribution is 0.102. The summed E-state index contributed by atoms with van der Waals surface area (Å²) >= 11 is 1.60. The molecule has 0 bridgehead atoms. The quantitative estimate of drug-likeness (QED) is 0.668. The third-order valence-electron chi connectivity index (χ3n) is 4.56. The van der Waals surface area contributed by atoms with Gasteiger partial charge in [-0.1, -0.05) is 23.5 Å². The molecule has 1 saturated heterocycles. The minimum Gasteiger partial charge on any atom is -0.378 e. The molecule has 9 heteroatoms. The fraction of sp³-hybridized carbons (Fsp3) is 0.300. The zero-order valence-electron chi connectivity index (χ0n) is 15.9. The minimum absolute atomic E-state index is 0.0393. The molecule has 7 nitrogen and oxygen atoms in total. The van der Waals surface area contributed by atoms with Crippen LogP contribution < -0.4 is 10.2 Å². The van der Waals surface area contributed by atoms with Crippen molar-refractivity contribution in [3.8, 4) is 0 Å². The zero-order valence-corrected chi connectivity index (χ0v) is 17.6. The predicted octanol–water partition coefficient (Wildman–Crippen LogP) is 2.93. The number of morpholine rings is 1. The first kappa shape index (κ1) is 19.8. The van der Waals surface area contributed by atoms with E-state index in [0.717, 1.165) is 28.4 Å². The third kappa shape index (κ3) is 4.92. The van der Waals surface area contributed by atoms with Gasteiger partial charge in [0, 0.05) is 30.6 Å². The Bertz CT molecular complexity index is 1130. The molecule has 1 aromatic heterocycles. The summed E-state index contributed by atoms with van der Waals surface area (Å²) in [6, 6.07) is 12.3. The van der Waals surface area contributed by atoms with E-state index in [1.807, 2.05) is 18.2 Å². The first-order valence-corrected chi connectivity index (χ1v) is 12.1. The molecular formula is C20H21N3O4S2. The number of hydrogen-bond donors (Lipinski definition) is 1. The average Bonchev–Trinajstić information content (AvgIpc) is 3.11. The first-order chi connectivity index (χ1) is 13.9. The number of benzene rings is 2. The van der Waals surface area contributed by atoms with Crippen LogP contribution in [0.25, 0.3) is 10.2 Å². The predicted molar refractivity (Wildman–Crippen MR) is 116 cm³/mol. The van der Waals surface area contributed by atoms with E-state index in [2.05, 4.69) is 15.2 Å². The number of fused-ring (bicyclic) bond motifs is 1. The zero-order chi connectivity index (χ0) is 20.4. The van der Waals surface area contributed by atoms with E-state index in [0.29, 0.717) is 30.0 Å². The van der Waals surface area contributed by atoms with Gasteiger partial charge in [0.2, 0.25) is 0 Å². The van der Waals surface area contributed by atoms with Crippen molar-refractivity contribution in [2.45, 2.75) is 5.75 Å². The van der Waals surface area contributed by atoms with E-state index < -0.39 is 9.84 Å². The van der Waals surface area contributed by atoms with Crippen molar-refractivity contribution in [1.82, 2.24) is 4.98 Å². The number of hydrogen-bond acceptors (Lipinski definition) is 7. The molecule has 0 spiro atoms. The molecule has 0 saturated carbocycles. The maximum Gasteiger partial charge on any atom is 0.255 e. The summed E-state index contributed by atoms with van der Waals surface area (Å²) in [5.74, 6) is -0.282. The fourth-order valence-electron chi connectivity index (χ4n) is 3.14. The second-order valence-corrected chi connectivity index (χ2v) is 10.1. The topological polar surface area (TPSA) is 88.6 Å². The highest BCUT2D eigenvalue weighted by Crippen LogP contribution is 2.31. The monoisotopic (exact) mass is 431 g/mol. The van der Waals surface area contributed by atoms with Crippen molar-refractivity contribution < 1.29 is 17.9 Å². The van der Waals surface area contributed by atoms with Crippen molar-refractivity contribution >= 4 is 48.1 Å². The van der Waals surface area contributed by atoms with Gasteiger partial charge in [-0.3, -0.25) is 4.79 Å². The Morgan fingerprint density at radius 1 is 1.17 bits per heavy atom. The molecule has 1 fully saturated rings. The van der Waals surface area contributed by atoms with Gasteiger partial charge in [-0.25, -0.2) is 13.4 Å². The number of sulfone groups is 1. The number of anilines is 2. The number of aromatic nitrogens is 1. The Hall–Kier alpha value is -2.49. The van der Waals surface area contributed by atoms with Gasteiger partial charge >= 0.3 is 0 Å². The van der Waals surface area contributed by atoms with E-state index in [-0.39, 0.29) is 11.7 Å². The highest BCUT2D eigenvalue weighted by molar-refractivity contribution is 7.89. The van der Waals surface area contributed by atoms with Crippen LogP contribution in [0, 0.1) is 0 Å². The molecular weight excluding hydrogens is 410 g/mol. The van der Waals surface area contributed by atoms with Gasteiger partial charge in [-0.2, -0.15) is 0 Å². The lowest BCUT2D eigenvalue weighted by Gasteiger charge is -2.25. The fourth-order valence-corrected chi connectivity index (χ4v) is 4.99. The molecule has 2 heterocycles. The van der Waals surface area contributed by atoms with Gasteiger partial charge < -0.3 is 15.0 Å². The largest absolute Gasteiger partial charge is 0.378 e. The van der Waals surface area contributed by atoms with Gasteiger partial charge in [0.25, 0.3) is 5.91 Å². The standard InChI is InChI=1S/C20H21N3O4S2/c1-29(25,26)13-14-2-4-15(5-3-14)19(24)21-16-6-7-17-18(12-16)28-20(22-17)23-8-10-27-11-9-23/h2-7,12H,8-11,13H2,1H3,(H,21,24). The molecule has 1 aliphatic heterocycles. The van der Waals surface area contributed by atoms with Crippen LogP contribution in [0.2, 0.25) is 0 Å². The number of amides is 1. The molecule has 2 aromatic carbocycles. The van der Waals surface area contributed by atoms with Crippen LogP contribution in [-0.2, 0) is 20.3 Å². The van der Waals surface area contributed by atoms with Crippen molar-refractivity contribution in [3.63, 3.8) is 0 Å². The number of carbonyl (C=O) groups is 1. The molecule has 1 aliphatic rings. The molecule has 152 valence electrons. The summed E-state index contributed by atoms with van der Waals surface area (Å²) < 4.78 is 29.2. The maximum absolute atomic E-state index is 12.5. The number of nitrogens with zero attached hydrogens (tertiary/aromatic N) is 2. The Balaban J connectivity index is 1.47. The van der Waals surface area contributed by atoms with Crippen LogP contribution in [0.1, 0.15) is 15.9 Å². The van der Waals surface area contributed by atoms with Gasteiger partial charge in [0.1, 0.15) is 0 Å². The first-order valence-electron chi connectivity index (χ1n) is 9.19. The smallest absolute Gasteiger partial charge is 0.255 e. The second-order valence-electron chi connectivity index (χ2n) is 7.00. The molecule has 4 rings (SSSR count). The van der Waals surface area contributed by atoms with Crippen LogP contribution >= 0.6 is 11.3 Å². The van der Waals surface area contributed by atoms with E-state index in [1.54, 1.807) is 35.6 Å². The highest BCUT2D eigenvalue weighted by atomic mass is 32.2. The third-order valence-corrected chi connectivity index (χ3v) is 6.50. The lowest BCUT2D eigenvalue weighted by atomic mass is 10.1. The van der Waals surface area contributed by atoms with Gasteiger partial charge in [0.15, 0.2) is 15.0 Å². The summed E-state index contributed by atoms with van der Waals surface area (Å²) in [6.07, 6.45) is 1.19. The number of carbonyl (C=O) groups excluding carboxylic acids is 1. The van der Waals surface area contributed by atoms with Crippen LogP contribution in [0.4, 0.5) is 10.8 Å². The Morgan fingerprint density at radius 3 is 2.59 bits per heavy atom. The van der Waals surface area contributed by atoms with Gasteiger partial charge in [0.05, 0.1) is 29.2 Å². The molecule has 0 aliphatic carbocycles. The van der Waals surface area contributed by atoms with Crippen LogP contribution in [0.3, 0.4) is 0 Å². The highest BCUT2D eigenvalue weighted by Gasteiger charge is 2.16. The molecule has 1 amide bonds. The van der Waals surface area contributed by atoms with Crippen LogP contribution in [0.15, 0.2) is 42.5 Å². The molecule has 3 aromatic rings. The SMILES string of the molecule is CS(=O)(=O)Cc1ccc(C(=O)Nc2ccc3nc(N4CCOCC4)sc3c2)cc1. The maximum atomic E-state index is 12.5. The van der Waals surface area contributed by atoms with Crippen LogP contribution in [-0.4, -0.2) is 51.9 Å². The summed E-state index contributed by atoms with van der Waals surface area (Å²) in [5.41, 5.74) is 2.73. The van der Waals surface area contributed by atoms with Gasteiger partial charge in [-0.05, 0) is 35.9 Å². The van der Waals surface area contributed by atoms with Crippen molar-refractivity contribution in [3.05, 3.63) is 53.6 Å². The van der Waals surface area contributed by atoms with Crippen molar-refractivity contribution in [1.29, 1.82) is 0 Å². The summed E-state index contributed by atoms with van der Waals surface area (Å²) in [7, 11) is -3.10. The minimum atomic E-state index is -3.10. The van der Waals surface area contributed by atoms with E-state index in [1.165, 1.54) is 6.26 Å². The van der Waals surface area contributed by atoms with Crippen LogP contribution in [0.5, 0.6) is 0 Å². The Kier molecular flexibility index (Phi) is 5.53. The Morgan fingerprint density at radius 2 is 1.90 bits per heavy atom. The summed E-state index contributed by atoms with van der Waals surface area (Å²) in [4.78, 5) is 19.4. The number of nitrogens with one attached hydrogen (secondary N) is 1. The molecule has 0 atom stereocenters. The van der Waals surface area contributed by atoms with Gasteiger partial charge in [-0.15, -0.1) is 0 Å². The second kappa shape index (κ2) is 8.10. The average molecular weight is 432 g/mol. The molecule has 29 heavy (non-hydrogen) atoms.